The lowest BCUT2D eigenvalue weighted by Crippen LogP contribution is -2.34. The summed E-state index contributed by atoms with van der Waals surface area (Å²) < 4.78 is 0. The number of hydrogen-bond acceptors (Lipinski definition) is 2. The standard InChI is InChI=1S/C14H19N3O2/c1-15-14(19)16(2)9-10-4-6-12-11(8-10)5-7-13(18)17(12)3/h4,6,8H,5,7,9H2,1-3H3,(H,15,19). The topological polar surface area (TPSA) is 52.7 Å². The molecule has 0 unspecified atom stereocenters. The fraction of sp³-hybridized carbons (Fsp3) is 0.429. The van der Waals surface area contributed by atoms with E-state index in [0.29, 0.717) is 13.0 Å². The second kappa shape index (κ2) is 5.30. The molecule has 19 heavy (non-hydrogen) atoms. The molecule has 5 heteroatoms. The predicted molar refractivity (Wildman–Crippen MR) is 74.1 cm³/mol. The highest BCUT2D eigenvalue weighted by atomic mass is 16.2. The molecule has 1 heterocycles. The molecule has 0 bridgehead atoms. The number of carbonyl (C=O) groups excluding carboxylic acids is 2. The van der Waals surface area contributed by atoms with Gasteiger partial charge in [-0.1, -0.05) is 12.1 Å². The molecule has 0 saturated heterocycles. The summed E-state index contributed by atoms with van der Waals surface area (Å²) >= 11 is 0. The van der Waals surface area contributed by atoms with E-state index >= 15 is 0 Å². The van der Waals surface area contributed by atoms with E-state index in [0.717, 1.165) is 17.7 Å². The van der Waals surface area contributed by atoms with Crippen molar-refractivity contribution < 1.29 is 9.59 Å². The van der Waals surface area contributed by atoms with E-state index in [9.17, 15) is 9.59 Å². The van der Waals surface area contributed by atoms with Crippen molar-refractivity contribution in [2.24, 2.45) is 0 Å². The van der Waals surface area contributed by atoms with Crippen LogP contribution in [0.4, 0.5) is 10.5 Å². The van der Waals surface area contributed by atoms with Gasteiger partial charge in [0, 0.05) is 39.8 Å². The van der Waals surface area contributed by atoms with Gasteiger partial charge in [0.05, 0.1) is 0 Å². The Morgan fingerprint density at radius 1 is 1.42 bits per heavy atom. The molecule has 2 rings (SSSR count). The molecule has 5 nitrogen and oxygen atoms in total. The van der Waals surface area contributed by atoms with Gasteiger partial charge in [-0.25, -0.2) is 4.79 Å². The van der Waals surface area contributed by atoms with Crippen LogP contribution in [0.5, 0.6) is 0 Å². The van der Waals surface area contributed by atoms with E-state index in [1.165, 1.54) is 5.56 Å². The first kappa shape index (κ1) is 13.4. The van der Waals surface area contributed by atoms with Crippen LogP contribution in [-0.4, -0.2) is 38.0 Å². The Balaban J connectivity index is 2.18. The van der Waals surface area contributed by atoms with Crippen molar-refractivity contribution >= 4 is 17.6 Å². The number of nitrogens with one attached hydrogen (secondary N) is 1. The van der Waals surface area contributed by atoms with Crippen LogP contribution in [0.25, 0.3) is 0 Å². The minimum Gasteiger partial charge on any atom is -0.341 e. The molecule has 1 aromatic carbocycles. The average molecular weight is 261 g/mol. The fourth-order valence-corrected chi connectivity index (χ4v) is 2.34. The zero-order valence-electron chi connectivity index (χ0n) is 11.6. The molecule has 0 aromatic heterocycles. The molecule has 1 aromatic rings. The maximum Gasteiger partial charge on any atom is 0.317 e. The van der Waals surface area contributed by atoms with Crippen LogP contribution in [0, 0.1) is 0 Å². The molecule has 0 atom stereocenters. The highest BCUT2D eigenvalue weighted by Crippen LogP contribution is 2.27. The van der Waals surface area contributed by atoms with Crippen LogP contribution in [0.1, 0.15) is 17.5 Å². The first-order valence-corrected chi connectivity index (χ1v) is 6.34. The van der Waals surface area contributed by atoms with Crippen molar-refractivity contribution in [1.29, 1.82) is 0 Å². The van der Waals surface area contributed by atoms with E-state index in [-0.39, 0.29) is 11.9 Å². The average Bonchev–Trinajstić information content (AvgIpc) is 2.42. The monoisotopic (exact) mass is 261 g/mol. The number of anilines is 1. The molecule has 0 aliphatic carbocycles. The van der Waals surface area contributed by atoms with Crippen molar-refractivity contribution in [3.05, 3.63) is 29.3 Å². The molecule has 102 valence electrons. The Morgan fingerprint density at radius 2 is 2.16 bits per heavy atom. The smallest absolute Gasteiger partial charge is 0.317 e. The second-order valence-corrected chi connectivity index (χ2v) is 4.83. The number of benzene rings is 1. The van der Waals surface area contributed by atoms with Crippen LogP contribution in [-0.2, 0) is 17.8 Å². The van der Waals surface area contributed by atoms with E-state index in [1.807, 2.05) is 12.1 Å². The van der Waals surface area contributed by atoms with Gasteiger partial charge in [-0.3, -0.25) is 4.79 Å². The van der Waals surface area contributed by atoms with Gasteiger partial charge in [-0.05, 0) is 23.6 Å². The number of amides is 3. The first-order valence-electron chi connectivity index (χ1n) is 6.34. The number of hydrogen-bond donors (Lipinski definition) is 1. The van der Waals surface area contributed by atoms with Crippen LogP contribution < -0.4 is 10.2 Å². The molecule has 3 amide bonds. The molecule has 0 radical (unpaired) electrons. The summed E-state index contributed by atoms with van der Waals surface area (Å²) in [5, 5.41) is 2.59. The van der Waals surface area contributed by atoms with E-state index in [2.05, 4.69) is 11.4 Å². The highest BCUT2D eigenvalue weighted by molar-refractivity contribution is 5.95. The van der Waals surface area contributed by atoms with Crippen LogP contribution >= 0.6 is 0 Å². The van der Waals surface area contributed by atoms with Crippen molar-refractivity contribution in [1.82, 2.24) is 10.2 Å². The van der Waals surface area contributed by atoms with Gasteiger partial charge in [0.1, 0.15) is 0 Å². The van der Waals surface area contributed by atoms with Gasteiger partial charge >= 0.3 is 6.03 Å². The Kier molecular flexibility index (Phi) is 3.74. The van der Waals surface area contributed by atoms with Gasteiger partial charge in [-0.2, -0.15) is 0 Å². The Bertz CT molecular complexity index is 513. The summed E-state index contributed by atoms with van der Waals surface area (Å²) in [4.78, 5) is 26.4. The fourth-order valence-electron chi connectivity index (χ4n) is 2.34. The normalized spacial score (nSPS) is 14.1. The zero-order valence-corrected chi connectivity index (χ0v) is 11.6. The van der Waals surface area contributed by atoms with Gasteiger partial charge < -0.3 is 15.1 Å². The zero-order chi connectivity index (χ0) is 14.0. The van der Waals surface area contributed by atoms with Gasteiger partial charge in [0.2, 0.25) is 5.91 Å². The summed E-state index contributed by atoms with van der Waals surface area (Å²) in [6.45, 7) is 0.560. The molecular formula is C14H19N3O2. The quantitative estimate of drug-likeness (QED) is 0.874. The lowest BCUT2D eigenvalue weighted by molar-refractivity contribution is -0.118. The van der Waals surface area contributed by atoms with Crippen LogP contribution in [0.2, 0.25) is 0 Å². The predicted octanol–water partition coefficient (Wildman–Crippen LogP) is 1.37. The summed E-state index contributed by atoms with van der Waals surface area (Å²) in [7, 11) is 5.18. The van der Waals surface area contributed by atoms with E-state index in [4.69, 9.17) is 0 Å². The Labute approximate surface area is 113 Å². The number of nitrogens with zero attached hydrogens (tertiary/aromatic N) is 2. The Morgan fingerprint density at radius 3 is 2.84 bits per heavy atom. The molecule has 0 saturated carbocycles. The third-order valence-corrected chi connectivity index (χ3v) is 3.47. The van der Waals surface area contributed by atoms with Gasteiger partial charge in [0.25, 0.3) is 0 Å². The number of fused-ring (bicyclic) bond motifs is 1. The lowest BCUT2D eigenvalue weighted by atomic mass is 9.99. The largest absolute Gasteiger partial charge is 0.341 e. The first-order chi connectivity index (χ1) is 9.02. The Hall–Kier alpha value is -2.04. The summed E-state index contributed by atoms with van der Waals surface area (Å²) in [6.07, 6.45) is 1.33. The minimum atomic E-state index is -0.106. The van der Waals surface area contributed by atoms with Gasteiger partial charge in [0.15, 0.2) is 0 Å². The number of urea groups is 1. The minimum absolute atomic E-state index is 0.106. The van der Waals surface area contributed by atoms with E-state index < -0.39 is 0 Å². The molecule has 1 aliphatic heterocycles. The maximum atomic E-state index is 11.6. The van der Waals surface area contributed by atoms with E-state index in [1.54, 1.807) is 30.9 Å². The molecular weight excluding hydrogens is 242 g/mol. The third-order valence-electron chi connectivity index (χ3n) is 3.47. The van der Waals surface area contributed by atoms with Crippen molar-refractivity contribution in [3.8, 4) is 0 Å². The molecule has 1 N–H and O–H groups in total. The van der Waals surface area contributed by atoms with Crippen molar-refractivity contribution in [2.75, 3.05) is 26.0 Å². The molecule has 0 fully saturated rings. The molecule has 1 aliphatic rings. The van der Waals surface area contributed by atoms with Crippen LogP contribution in [0.3, 0.4) is 0 Å². The number of aryl methyl sites for hydroxylation is 1. The van der Waals surface area contributed by atoms with Gasteiger partial charge in [-0.15, -0.1) is 0 Å². The highest BCUT2D eigenvalue weighted by Gasteiger charge is 2.21. The van der Waals surface area contributed by atoms with Crippen molar-refractivity contribution in [3.63, 3.8) is 0 Å². The number of rotatable bonds is 2. The summed E-state index contributed by atoms with van der Waals surface area (Å²) in [6, 6.07) is 5.90. The summed E-state index contributed by atoms with van der Waals surface area (Å²) in [5.74, 6) is 0.155. The van der Waals surface area contributed by atoms with Crippen molar-refractivity contribution in [2.45, 2.75) is 19.4 Å². The summed E-state index contributed by atoms with van der Waals surface area (Å²) in [5.41, 5.74) is 3.22. The maximum absolute atomic E-state index is 11.6. The third kappa shape index (κ3) is 2.70. The SMILES string of the molecule is CNC(=O)N(C)Cc1ccc2c(c1)CCC(=O)N2C. The lowest BCUT2D eigenvalue weighted by Gasteiger charge is -2.26. The second-order valence-electron chi connectivity index (χ2n) is 4.83. The van der Waals surface area contributed by atoms with Crippen LogP contribution in [0.15, 0.2) is 18.2 Å². The number of carbonyl (C=O) groups is 2. The molecule has 0 spiro atoms.